The van der Waals surface area contributed by atoms with Crippen molar-refractivity contribution in [3.8, 4) is 0 Å². The molecule has 0 amide bonds. The first kappa shape index (κ1) is 23.1. The quantitative estimate of drug-likeness (QED) is 0.339. The Hall–Kier alpha value is -2.04. The van der Waals surface area contributed by atoms with Gasteiger partial charge < -0.3 is 9.05 Å². The maximum atomic E-state index is 14.5. The zero-order valence-corrected chi connectivity index (χ0v) is 20.4. The van der Waals surface area contributed by atoms with Gasteiger partial charge in [-0.25, -0.2) is 0 Å². The van der Waals surface area contributed by atoms with Gasteiger partial charge in [0.2, 0.25) is 0 Å². The molecule has 6 heteroatoms. The molecule has 0 N–H and O–H groups in total. The normalized spacial score (nSPS) is 20.6. The fourth-order valence-electron chi connectivity index (χ4n) is 4.68. The number of benzene rings is 3. The summed E-state index contributed by atoms with van der Waals surface area (Å²) in [5, 5.41) is 0. The minimum absolute atomic E-state index is 0.212. The largest absolute Gasteiger partial charge is 0.350 e. The minimum atomic E-state index is -3.80. The summed E-state index contributed by atoms with van der Waals surface area (Å²) in [6.45, 7) is 6.00. The first-order chi connectivity index (χ1) is 15.4. The van der Waals surface area contributed by atoms with Crippen LogP contribution in [0, 0.1) is 6.92 Å². The predicted molar refractivity (Wildman–Crippen MR) is 129 cm³/mol. The number of rotatable bonds is 9. The summed E-state index contributed by atoms with van der Waals surface area (Å²) in [6, 6.07) is 27.4. The zero-order chi connectivity index (χ0) is 22.8. The number of hydrogen-bond donors (Lipinski definition) is 0. The summed E-state index contributed by atoms with van der Waals surface area (Å²) in [7, 11) is -5.44. The van der Waals surface area contributed by atoms with Gasteiger partial charge in [0.15, 0.2) is 4.49 Å². The van der Waals surface area contributed by atoms with Gasteiger partial charge in [-0.05, 0) is 50.5 Å². The topological polar surface area (TPSA) is 52.6 Å². The molecule has 0 aromatic heterocycles. The Bertz CT molecular complexity index is 1080. The Morgan fingerprint density at radius 3 is 1.72 bits per heavy atom. The highest BCUT2D eigenvalue weighted by atomic mass is 32.2. The molecule has 4 nitrogen and oxygen atoms in total. The summed E-state index contributed by atoms with van der Waals surface area (Å²) in [4.78, 5) is 0.629. The molecule has 1 saturated carbocycles. The summed E-state index contributed by atoms with van der Waals surface area (Å²) in [6.07, 6.45) is 0.409. The second-order valence-electron chi connectivity index (χ2n) is 8.01. The van der Waals surface area contributed by atoms with Gasteiger partial charge in [0, 0.05) is 4.90 Å². The van der Waals surface area contributed by atoms with Crippen molar-refractivity contribution in [2.75, 3.05) is 13.2 Å². The second-order valence-corrected chi connectivity index (χ2v) is 12.3. The van der Waals surface area contributed by atoms with Gasteiger partial charge in [0.05, 0.1) is 29.4 Å². The molecule has 4 rings (SSSR count). The van der Waals surface area contributed by atoms with Gasteiger partial charge in [0.25, 0.3) is 0 Å². The third kappa shape index (κ3) is 3.52. The molecule has 3 aromatic carbocycles. The molecule has 32 heavy (non-hydrogen) atoms. The van der Waals surface area contributed by atoms with Crippen LogP contribution in [-0.2, 0) is 29.8 Å². The van der Waals surface area contributed by atoms with Crippen LogP contribution in [0.15, 0.2) is 89.8 Å². The van der Waals surface area contributed by atoms with Gasteiger partial charge >= 0.3 is 7.60 Å². The van der Waals surface area contributed by atoms with Crippen LogP contribution in [0.4, 0.5) is 0 Å². The SMILES string of the molecule is CCOP(=O)(OCC)C1(S(=O)c2ccc(C)cc2)CC1(c1ccccc1)c1ccccc1. The molecule has 0 heterocycles. The van der Waals surface area contributed by atoms with Crippen LogP contribution < -0.4 is 0 Å². The van der Waals surface area contributed by atoms with Gasteiger partial charge in [0.1, 0.15) is 0 Å². The lowest BCUT2D eigenvalue weighted by Gasteiger charge is -2.32. The molecular weight excluding hydrogens is 439 g/mol. The van der Waals surface area contributed by atoms with E-state index in [4.69, 9.17) is 9.05 Å². The molecule has 0 aliphatic heterocycles. The van der Waals surface area contributed by atoms with Crippen LogP contribution in [-0.4, -0.2) is 21.9 Å². The number of hydrogen-bond acceptors (Lipinski definition) is 4. The van der Waals surface area contributed by atoms with Crippen molar-refractivity contribution in [1.29, 1.82) is 0 Å². The molecule has 168 valence electrons. The summed E-state index contributed by atoms with van der Waals surface area (Å²) >= 11 is 0. The first-order valence-electron chi connectivity index (χ1n) is 10.9. The molecule has 0 spiro atoms. The highest BCUT2D eigenvalue weighted by Gasteiger charge is 2.82. The van der Waals surface area contributed by atoms with Crippen molar-refractivity contribution in [3.63, 3.8) is 0 Å². The van der Waals surface area contributed by atoms with E-state index >= 15 is 0 Å². The monoisotopic (exact) mass is 468 g/mol. The average molecular weight is 469 g/mol. The van der Waals surface area contributed by atoms with E-state index in [1.54, 1.807) is 13.8 Å². The van der Waals surface area contributed by atoms with Crippen molar-refractivity contribution in [1.82, 2.24) is 0 Å². The number of aryl methyl sites for hydroxylation is 1. The van der Waals surface area contributed by atoms with Crippen LogP contribution in [0.3, 0.4) is 0 Å². The van der Waals surface area contributed by atoms with Crippen LogP contribution in [0.25, 0.3) is 0 Å². The maximum Gasteiger partial charge on any atom is 0.350 e. The van der Waals surface area contributed by atoms with E-state index in [2.05, 4.69) is 0 Å². The van der Waals surface area contributed by atoms with Gasteiger partial charge in [-0.3, -0.25) is 8.77 Å². The van der Waals surface area contributed by atoms with Crippen LogP contribution in [0.5, 0.6) is 0 Å². The molecule has 2 atom stereocenters. The average Bonchev–Trinajstić information content (AvgIpc) is 3.54. The Morgan fingerprint density at radius 1 is 0.812 bits per heavy atom. The molecule has 0 saturated heterocycles. The Kier molecular flexibility index (Phi) is 6.56. The van der Waals surface area contributed by atoms with E-state index in [-0.39, 0.29) is 13.2 Å². The Balaban J connectivity index is 2.01. The van der Waals surface area contributed by atoms with E-state index < -0.39 is 28.3 Å². The molecule has 1 fully saturated rings. The van der Waals surface area contributed by atoms with Crippen molar-refractivity contribution in [2.45, 2.75) is 42.0 Å². The molecule has 1 aliphatic rings. The van der Waals surface area contributed by atoms with E-state index in [1.165, 1.54) is 0 Å². The minimum Gasteiger partial charge on any atom is -0.308 e. The highest BCUT2D eigenvalue weighted by Crippen LogP contribution is 2.83. The summed E-state index contributed by atoms with van der Waals surface area (Å²) in [5.41, 5.74) is 2.24. The predicted octanol–water partition coefficient (Wildman–Crippen LogP) is 6.46. The fourth-order valence-corrected chi connectivity index (χ4v) is 10.1. The lowest BCUT2D eigenvalue weighted by Crippen LogP contribution is -2.32. The third-order valence-electron chi connectivity index (χ3n) is 6.16. The van der Waals surface area contributed by atoms with Crippen LogP contribution >= 0.6 is 7.60 Å². The van der Waals surface area contributed by atoms with Gasteiger partial charge in [-0.1, -0.05) is 78.4 Å². The van der Waals surface area contributed by atoms with Crippen molar-refractivity contribution >= 4 is 18.4 Å². The summed E-state index contributed by atoms with van der Waals surface area (Å²) < 4.78 is 39.5. The molecule has 0 bridgehead atoms. The van der Waals surface area contributed by atoms with Crippen LogP contribution in [0.1, 0.15) is 37.0 Å². The zero-order valence-electron chi connectivity index (χ0n) is 18.7. The molecule has 1 aliphatic carbocycles. The van der Waals surface area contributed by atoms with E-state index in [0.717, 1.165) is 16.7 Å². The first-order valence-corrected chi connectivity index (χ1v) is 13.6. The van der Waals surface area contributed by atoms with Gasteiger partial charge in [-0.15, -0.1) is 0 Å². The second kappa shape index (κ2) is 9.07. The fraction of sp³-hybridized carbons (Fsp3) is 0.308. The van der Waals surface area contributed by atoms with E-state index in [1.807, 2.05) is 91.9 Å². The Labute approximate surface area is 193 Å². The smallest absolute Gasteiger partial charge is 0.308 e. The van der Waals surface area contributed by atoms with Crippen LogP contribution in [0.2, 0.25) is 0 Å². The maximum absolute atomic E-state index is 14.5. The third-order valence-corrected chi connectivity index (χ3v) is 11.8. The molecular formula is C26H29O4PS. The van der Waals surface area contributed by atoms with Crippen molar-refractivity contribution < 1.29 is 17.8 Å². The Morgan fingerprint density at radius 2 is 1.28 bits per heavy atom. The van der Waals surface area contributed by atoms with Crippen molar-refractivity contribution in [3.05, 3.63) is 102 Å². The van der Waals surface area contributed by atoms with Gasteiger partial charge in [-0.2, -0.15) is 0 Å². The highest BCUT2D eigenvalue weighted by molar-refractivity contribution is 7.95. The molecule has 0 radical (unpaired) electrons. The van der Waals surface area contributed by atoms with E-state index in [0.29, 0.717) is 11.3 Å². The lowest BCUT2D eigenvalue weighted by molar-refractivity contribution is 0.215. The standard InChI is InChI=1S/C26H29O4PS/c1-4-29-31(27,30-5-2)26(32(28)24-18-16-21(3)17-19-24)20-25(26,22-12-8-6-9-13-22)23-14-10-7-11-15-23/h6-19H,4-5,20H2,1-3H3. The van der Waals surface area contributed by atoms with E-state index in [9.17, 15) is 8.77 Å². The molecule has 3 aromatic rings. The lowest BCUT2D eigenvalue weighted by atomic mass is 9.88. The van der Waals surface area contributed by atoms with Crippen molar-refractivity contribution in [2.24, 2.45) is 0 Å². The summed E-state index contributed by atoms with van der Waals surface area (Å²) in [5.74, 6) is 0. The molecule has 2 unspecified atom stereocenters.